The van der Waals surface area contributed by atoms with E-state index in [0.717, 1.165) is 0 Å². The van der Waals surface area contributed by atoms with Crippen molar-refractivity contribution in [1.29, 1.82) is 0 Å². The molecule has 0 radical (unpaired) electrons. The van der Waals surface area contributed by atoms with Crippen molar-refractivity contribution in [3.63, 3.8) is 0 Å². The summed E-state index contributed by atoms with van der Waals surface area (Å²) in [5.74, 6) is 0.00484. The number of hydrogen-bond donors (Lipinski definition) is 0. The molecule has 2 aliphatic carbocycles. The molecule has 1 atom stereocenters. The summed E-state index contributed by atoms with van der Waals surface area (Å²) in [6.07, 6.45) is 12.4. The fourth-order valence-electron chi connectivity index (χ4n) is 4.36. The Morgan fingerprint density at radius 2 is 1.22 bits per heavy atom. The molecule has 2 saturated carbocycles. The summed E-state index contributed by atoms with van der Waals surface area (Å²) in [4.78, 5) is 24.7. The first-order valence-electron chi connectivity index (χ1n) is 9.75. The fraction of sp³-hybridized carbons (Fsp3) is 0.900. The molecule has 3 heteroatoms. The predicted molar refractivity (Wildman–Crippen MR) is 92.0 cm³/mol. The van der Waals surface area contributed by atoms with Crippen molar-refractivity contribution in [3.8, 4) is 0 Å². The van der Waals surface area contributed by atoms with E-state index >= 15 is 0 Å². The van der Waals surface area contributed by atoms with Crippen molar-refractivity contribution >= 4 is 11.8 Å². The van der Waals surface area contributed by atoms with Crippen molar-refractivity contribution < 1.29 is 14.3 Å². The van der Waals surface area contributed by atoms with Gasteiger partial charge in [-0.15, -0.1) is 0 Å². The predicted octanol–water partition coefficient (Wildman–Crippen LogP) is 4.92. The smallest absolute Gasteiger partial charge is 0.316 e. The number of ketones is 1. The van der Waals surface area contributed by atoms with Crippen LogP contribution in [0.3, 0.4) is 0 Å². The van der Waals surface area contributed by atoms with E-state index in [0.29, 0.717) is 11.8 Å². The summed E-state index contributed by atoms with van der Waals surface area (Å²) in [7, 11) is 0. The maximum atomic E-state index is 12.5. The van der Waals surface area contributed by atoms with Crippen LogP contribution in [0.1, 0.15) is 85.0 Å². The number of carbonyl (C=O) groups is 2. The molecule has 0 aromatic carbocycles. The van der Waals surface area contributed by atoms with Crippen molar-refractivity contribution in [3.05, 3.63) is 0 Å². The average Bonchev–Trinajstić information content (AvgIpc) is 2.59. The summed E-state index contributed by atoms with van der Waals surface area (Å²) in [6, 6.07) is 0. The molecule has 0 N–H and O–H groups in total. The van der Waals surface area contributed by atoms with Crippen LogP contribution in [0, 0.1) is 23.7 Å². The van der Waals surface area contributed by atoms with Gasteiger partial charge in [0.05, 0.1) is 0 Å². The van der Waals surface area contributed by atoms with E-state index in [2.05, 4.69) is 0 Å². The molecule has 0 bridgehead atoms. The molecule has 2 fully saturated rings. The van der Waals surface area contributed by atoms with Gasteiger partial charge in [-0.3, -0.25) is 9.59 Å². The molecule has 0 amide bonds. The third-order valence-electron chi connectivity index (χ3n) is 5.83. The molecule has 132 valence electrons. The van der Waals surface area contributed by atoms with Crippen molar-refractivity contribution in [2.45, 2.75) is 91.1 Å². The van der Waals surface area contributed by atoms with Crippen LogP contribution in [-0.4, -0.2) is 17.9 Å². The molecular formula is C20H34O3. The lowest BCUT2D eigenvalue weighted by atomic mass is 9.75. The third kappa shape index (κ3) is 5.06. The summed E-state index contributed by atoms with van der Waals surface area (Å²) in [5.41, 5.74) is 0. The lowest BCUT2D eigenvalue weighted by Gasteiger charge is -2.37. The molecule has 0 heterocycles. The van der Waals surface area contributed by atoms with Gasteiger partial charge >= 0.3 is 5.97 Å². The highest BCUT2D eigenvalue weighted by atomic mass is 16.5. The summed E-state index contributed by atoms with van der Waals surface area (Å²) in [5, 5.41) is 0. The number of hydrogen-bond acceptors (Lipinski definition) is 3. The SMILES string of the molecule is CC(C)C(=O)C(C)C(=O)OC(C1CCCCC1)C1CCCCC1. The Morgan fingerprint density at radius 1 is 0.783 bits per heavy atom. The maximum Gasteiger partial charge on any atom is 0.316 e. The fourth-order valence-corrected chi connectivity index (χ4v) is 4.36. The third-order valence-corrected chi connectivity index (χ3v) is 5.83. The van der Waals surface area contributed by atoms with Crippen LogP contribution in [0.15, 0.2) is 0 Å². The maximum absolute atomic E-state index is 12.5. The molecular weight excluding hydrogens is 288 g/mol. The summed E-state index contributed by atoms with van der Waals surface area (Å²) >= 11 is 0. The Labute approximate surface area is 141 Å². The van der Waals surface area contributed by atoms with Crippen molar-refractivity contribution in [2.24, 2.45) is 23.7 Å². The highest BCUT2D eigenvalue weighted by Crippen LogP contribution is 2.37. The first-order valence-corrected chi connectivity index (χ1v) is 9.75. The molecule has 1 unspecified atom stereocenters. The Balaban J connectivity index is 2.03. The van der Waals surface area contributed by atoms with Crippen LogP contribution in [0.25, 0.3) is 0 Å². The van der Waals surface area contributed by atoms with Gasteiger partial charge in [0.2, 0.25) is 0 Å². The Morgan fingerprint density at radius 3 is 1.61 bits per heavy atom. The number of Topliss-reactive ketones (excluding diaryl/α,β-unsaturated/α-hetero) is 1. The number of carbonyl (C=O) groups excluding carboxylic acids is 2. The summed E-state index contributed by atoms with van der Waals surface area (Å²) in [6.45, 7) is 5.42. The zero-order valence-corrected chi connectivity index (χ0v) is 15.2. The first kappa shape index (κ1) is 18.5. The lowest BCUT2D eigenvalue weighted by Crippen LogP contribution is -2.39. The minimum absolute atomic E-state index is 0.000961. The topological polar surface area (TPSA) is 43.4 Å². The minimum atomic E-state index is -0.621. The first-order chi connectivity index (χ1) is 11.0. The van der Waals surface area contributed by atoms with Gasteiger partial charge in [-0.1, -0.05) is 52.4 Å². The zero-order valence-electron chi connectivity index (χ0n) is 15.2. The average molecular weight is 322 g/mol. The molecule has 23 heavy (non-hydrogen) atoms. The number of ether oxygens (including phenoxy) is 1. The van der Waals surface area contributed by atoms with Gasteiger partial charge in [0.15, 0.2) is 0 Å². The second kappa shape index (κ2) is 8.84. The van der Waals surface area contributed by atoms with Crippen LogP contribution in [0.5, 0.6) is 0 Å². The van der Waals surface area contributed by atoms with E-state index in [9.17, 15) is 9.59 Å². The van der Waals surface area contributed by atoms with Crippen LogP contribution in [0.2, 0.25) is 0 Å². The van der Waals surface area contributed by atoms with E-state index in [1.165, 1.54) is 64.2 Å². The van der Waals surface area contributed by atoms with Crippen LogP contribution in [0.4, 0.5) is 0 Å². The highest BCUT2D eigenvalue weighted by molar-refractivity contribution is 5.99. The minimum Gasteiger partial charge on any atom is -0.461 e. The Kier molecular flexibility index (Phi) is 7.10. The largest absolute Gasteiger partial charge is 0.461 e. The van der Waals surface area contributed by atoms with Gasteiger partial charge in [0.25, 0.3) is 0 Å². The molecule has 2 aliphatic rings. The quantitative estimate of drug-likeness (QED) is 0.515. The summed E-state index contributed by atoms with van der Waals surface area (Å²) < 4.78 is 6.00. The van der Waals surface area contributed by atoms with Crippen molar-refractivity contribution in [1.82, 2.24) is 0 Å². The molecule has 0 saturated heterocycles. The molecule has 0 aromatic heterocycles. The molecule has 0 aliphatic heterocycles. The normalized spacial score (nSPS) is 22.3. The Hall–Kier alpha value is -0.860. The Bertz CT molecular complexity index is 372. The van der Waals surface area contributed by atoms with Gasteiger partial charge in [-0.05, 0) is 44.4 Å². The molecule has 2 rings (SSSR count). The second-order valence-electron chi connectivity index (χ2n) is 7.98. The van der Waals surface area contributed by atoms with Gasteiger partial charge in [0, 0.05) is 5.92 Å². The standard InChI is InChI=1S/C20H34O3/c1-14(2)18(21)15(3)20(22)23-19(16-10-6-4-7-11-16)17-12-8-5-9-13-17/h14-17,19H,4-13H2,1-3H3. The van der Waals surface area contributed by atoms with Gasteiger partial charge < -0.3 is 4.74 Å². The lowest BCUT2D eigenvalue weighted by molar-refractivity contribution is -0.164. The molecule has 0 aromatic rings. The highest BCUT2D eigenvalue weighted by Gasteiger charge is 2.36. The zero-order chi connectivity index (χ0) is 16.8. The van der Waals surface area contributed by atoms with Crippen LogP contribution >= 0.6 is 0 Å². The van der Waals surface area contributed by atoms with Crippen LogP contribution in [-0.2, 0) is 14.3 Å². The van der Waals surface area contributed by atoms with E-state index in [1.807, 2.05) is 13.8 Å². The molecule has 0 spiro atoms. The van der Waals surface area contributed by atoms with E-state index in [-0.39, 0.29) is 23.8 Å². The van der Waals surface area contributed by atoms with E-state index in [1.54, 1.807) is 6.92 Å². The van der Waals surface area contributed by atoms with Gasteiger partial charge in [-0.2, -0.15) is 0 Å². The van der Waals surface area contributed by atoms with Gasteiger partial charge in [0.1, 0.15) is 17.8 Å². The van der Waals surface area contributed by atoms with Gasteiger partial charge in [-0.25, -0.2) is 0 Å². The van der Waals surface area contributed by atoms with Crippen LogP contribution < -0.4 is 0 Å². The van der Waals surface area contributed by atoms with Crippen molar-refractivity contribution in [2.75, 3.05) is 0 Å². The number of rotatable bonds is 6. The van der Waals surface area contributed by atoms with E-state index < -0.39 is 5.92 Å². The second-order valence-corrected chi connectivity index (χ2v) is 7.98. The monoisotopic (exact) mass is 322 g/mol. The molecule has 3 nitrogen and oxygen atoms in total. The van der Waals surface area contributed by atoms with E-state index in [4.69, 9.17) is 4.74 Å². The number of esters is 1.